The van der Waals surface area contributed by atoms with Crippen LogP contribution in [-0.2, 0) is 0 Å². The van der Waals surface area contributed by atoms with E-state index in [1.807, 2.05) is 40.9 Å². The molecule has 0 saturated carbocycles. The Bertz CT molecular complexity index is 608. The SMILES string of the molecule is O=C(c1nnsc1-c1ccc(Cl)cc1)N1CCSCC1. The molecular formula is C13H12ClN3OS2. The first kappa shape index (κ1) is 13.9. The molecule has 2 heterocycles. The summed E-state index contributed by atoms with van der Waals surface area (Å²) in [6.07, 6.45) is 0. The number of carbonyl (C=O) groups excluding carboxylic acids is 1. The van der Waals surface area contributed by atoms with E-state index >= 15 is 0 Å². The smallest absolute Gasteiger partial charge is 0.276 e. The number of rotatable bonds is 2. The molecule has 1 aliphatic rings. The number of hydrogen-bond acceptors (Lipinski definition) is 5. The monoisotopic (exact) mass is 325 g/mol. The van der Waals surface area contributed by atoms with Crippen molar-refractivity contribution in [2.24, 2.45) is 0 Å². The van der Waals surface area contributed by atoms with Crippen molar-refractivity contribution in [3.63, 3.8) is 0 Å². The molecule has 1 aliphatic heterocycles. The Labute approximate surface area is 130 Å². The molecule has 104 valence electrons. The first-order valence-corrected chi connectivity index (χ1v) is 8.51. The van der Waals surface area contributed by atoms with Gasteiger partial charge in [-0.15, -0.1) is 5.10 Å². The minimum atomic E-state index is -0.0241. The van der Waals surface area contributed by atoms with Gasteiger partial charge in [-0.2, -0.15) is 11.8 Å². The fourth-order valence-electron chi connectivity index (χ4n) is 2.04. The minimum Gasteiger partial charge on any atom is -0.336 e. The zero-order chi connectivity index (χ0) is 13.9. The lowest BCUT2D eigenvalue weighted by Gasteiger charge is -2.25. The normalized spacial score (nSPS) is 15.3. The predicted octanol–water partition coefficient (Wildman–Crippen LogP) is 3.05. The first-order chi connectivity index (χ1) is 9.75. The van der Waals surface area contributed by atoms with Crippen molar-refractivity contribution in [1.29, 1.82) is 0 Å². The van der Waals surface area contributed by atoms with Crippen LogP contribution < -0.4 is 0 Å². The van der Waals surface area contributed by atoms with Crippen molar-refractivity contribution in [2.75, 3.05) is 24.6 Å². The van der Waals surface area contributed by atoms with Gasteiger partial charge in [0, 0.05) is 29.6 Å². The molecule has 0 aliphatic carbocycles. The van der Waals surface area contributed by atoms with Crippen LogP contribution in [0.15, 0.2) is 24.3 Å². The summed E-state index contributed by atoms with van der Waals surface area (Å²) >= 11 is 9.01. The maximum atomic E-state index is 12.5. The van der Waals surface area contributed by atoms with Gasteiger partial charge in [0.05, 0.1) is 4.88 Å². The van der Waals surface area contributed by atoms with Gasteiger partial charge in [0.2, 0.25) is 0 Å². The quantitative estimate of drug-likeness (QED) is 0.851. The maximum absolute atomic E-state index is 12.5. The van der Waals surface area contributed by atoms with Crippen LogP contribution in [0.5, 0.6) is 0 Å². The van der Waals surface area contributed by atoms with Crippen LogP contribution in [-0.4, -0.2) is 45.0 Å². The van der Waals surface area contributed by atoms with E-state index in [0.29, 0.717) is 10.7 Å². The Balaban J connectivity index is 1.89. The standard InChI is InChI=1S/C13H12ClN3OS2/c14-10-3-1-9(2-4-10)12-11(15-16-20-12)13(18)17-5-7-19-8-6-17/h1-4H,5-8H2. The van der Waals surface area contributed by atoms with Gasteiger partial charge in [-0.05, 0) is 29.2 Å². The molecule has 1 aromatic carbocycles. The average molecular weight is 326 g/mol. The van der Waals surface area contributed by atoms with E-state index in [0.717, 1.165) is 35.0 Å². The van der Waals surface area contributed by atoms with Gasteiger partial charge in [0.15, 0.2) is 5.69 Å². The molecule has 4 nitrogen and oxygen atoms in total. The molecule has 1 saturated heterocycles. The average Bonchev–Trinajstić information content (AvgIpc) is 2.97. The lowest BCUT2D eigenvalue weighted by atomic mass is 10.1. The van der Waals surface area contributed by atoms with Gasteiger partial charge in [-0.1, -0.05) is 28.2 Å². The molecule has 0 unspecified atom stereocenters. The van der Waals surface area contributed by atoms with Crippen molar-refractivity contribution in [1.82, 2.24) is 14.5 Å². The van der Waals surface area contributed by atoms with E-state index in [-0.39, 0.29) is 5.91 Å². The molecule has 20 heavy (non-hydrogen) atoms. The third-order valence-electron chi connectivity index (χ3n) is 3.10. The summed E-state index contributed by atoms with van der Waals surface area (Å²) in [6.45, 7) is 1.56. The number of nitrogens with zero attached hydrogens (tertiary/aromatic N) is 3. The molecular weight excluding hydrogens is 314 g/mol. The van der Waals surface area contributed by atoms with Crippen LogP contribution in [0.3, 0.4) is 0 Å². The molecule has 3 rings (SSSR count). The summed E-state index contributed by atoms with van der Waals surface area (Å²) in [5, 5.41) is 4.70. The summed E-state index contributed by atoms with van der Waals surface area (Å²) in [7, 11) is 0. The highest BCUT2D eigenvalue weighted by molar-refractivity contribution is 7.99. The highest BCUT2D eigenvalue weighted by Crippen LogP contribution is 2.28. The summed E-state index contributed by atoms with van der Waals surface area (Å²) < 4.78 is 3.94. The van der Waals surface area contributed by atoms with Crippen molar-refractivity contribution in [2.45, 2.75) is 0 Å². The highest BCUT2D eigenvalue weighted by atomic mass is 35.5. The zero-order valence-electron chi connectivity index (χ0n) is 10.6. The van der Waals surface area contributed by atoms with E-state index in [9.17, 15) is 4.79 Å². The Morgan fingerprint density at radius 1 is 1.20 bits per heavy atom. The molecule has 0 spiro atoms. The number of benzene rings is 1. The van der Waals surface area contributed by atoms with Crippen LogP contribution >= 0.6 is 34.9 Å². The van der Waals surface area contributed by atoms with Crippen LogP contribution in [0.1, 0.15) is 10.5 Å². The molecule has 0 radical (unpaired) electrons. The number of thioether (sulfide) groups is 1. The third-order valence-corrected chi connectivity index (χ3v) is 5.06. The van der Waals surface area contributed by atoms with E-state index in [1.54, 1.807) is 0 Å². The third kappa shape index (κ3) is 2.82. The van der Waals surface area contributed by atoms with Gasteiger partial charge in [-0.3, -0.25) is 4.79 Å². The largest absolute Gasteiger partial charge is 0.336 e. The molecule has 0 atom stereocenters. The van der Waals surface area contributed by atoms with Crippen molar-refractivity contribution in [3.8, 4) is 10.4 Å². The molecule has 1 amide bonds. The van der Waals surface area contributed by atoms with Crippen molar-refractivity contribution in [3.05, 3.63) is 35.0 Å². The van der Waals surface area contributed by atoms with E-state index in [4.69, 9.17) is 11.6 Å². The topological polar surface area (TPSA) is 46.1 Å². The van der Waals surface area contributed by atoms with Gasteiger partial charge >= 0.3 is 0 Å². The van der Waals surface area contributed by atoms with Gasteiger partial charge < -0.3 is 4.90 Å². The molecule has 7 heteroatoms. The van der Waals surface area contributed by atoms with Crippen LogP contribution in [0.25, 0.3) is 10.4 Å². The number of carbonyl (C=O) groups is 1. The lowest BCUT2D eigenvalue weighted by molar-refractivity contribution is 0.0767. The number of hydrogen-bond donors (Lipinski definition) is 0. The Kier molecular flexibility index (Phi) is 4.24. The van der Waals surface area contributed by atoms with Gasteiger partial charge in [-0.25, -0.2) is 0 Å². The van der Waals surface area contributed by atoms with E-state index in [2.05, 4.69) is 9.59 Å². The Morgan fingerprint density at radius 3 is 2.60 bits per heavy atom. The fourth-order valence-corrected chi connectivity index (χ4v) is 3.73. The van der Waals surface area contributed by atoms with E-state index in [1.165, 1.54) is 11.5 Å². The number of halogens is 1. The van der Waals surface area contributed by atoms with Crippen LogP contribution in [0, 0.1) is 0 Å². The fraction of sp³-hybridized carbons (Fsp3) is 0.308. The number of amides is 1. The first-order valence-electron chi connectivity index (χ1n) is 6.21. The minimum absolute atomic E-state index is 0.0241. The second-order valence-electron chi connectivity index (χ2n) is 4.36. The predicted molar refractivity (Wildman–Crippen MR) is 83.6 cm³/mol. The van der Waals surface area contributed by atoms with Crippen molar-refractivity contribution < 1.29 is 4.79 Å². The molecule has 2 aromatic rings. The van der Waals surface area contributed by atoms with E-state index < -0.39 is 0 Å². The lowest BCUT2D eigenvalue weighted by Crippen LogP contribution is -2.38. The molecule has 1 fully saturated rings. The number of aromatic nitrogens is 2. The van der Waals surface area contributed by atoms with Gasteiger partial charge in [0.25, 0.3) is 5.91 Å². The second kappa shape index (κ2) is 6.11. The Hall–Kier alpha value is -1.11. The maximum Gasteiger partial charge on any atom is 0.276 e. The summed E-state index contributed by atoms with van der Waals surface area (Å²) in [4.78, 5) is 15.2. The summed E-state index contributed by atoms with van der Waals surface area (Å²) in [6, 6.07) is 7.39. The summed E-state index contributed by atoms with van der Waals surface area (Å²) in [5.74, 6) is 1.95. The van der Waals surface area contributed by atoms with Crippen molar-refractivity contribution >= 4 is 40.8 Å². The molecule has 0 N–H and O–H groups in total. The van der Waals surface area contributed by atoms with Crippen LogP contribution in [0.2, 0.25) is 5.02 Å². The zero-order valence-corrected chi connectivity index (χ0v) is 13.0. The summed E-state index contributed by atoms with van der Waals surface area (Å²) in [5.41, 5.74) is 1.38. The molecule has 1 aromatic heterocycles. The van der Waals surface area contributed by atoms with Gasteiger partial charge in [0.1, 0.15) is 0 Å². The molecule has 0 bridgehead atoms. The second-order valence-corrected chi connectivity index (χ2v) is 6.78. The Morgan fingerprint density at radius 2 is 1.90 bits per heavy atom. The van der Waals surface area contributed by atoms with Crippen LogP contribution in [0.4, 0.5) is 0 Å². The highest BCUT2D eigenvalue weighted by Gasteiger charge is 2.24.